The van der Waals surface area contributed by atoms with Crippen LogP contribution in [0.1, 0.15) is 32.6 Å². The molecule has 1 fully saturated rings. The first-order valence-electron chi connectivity index (χ1n) is 7.24. The summed E-state index contributed by atoms with van der Waals surface area (Å²) in [4.78, 5) is 34.2. The van der Waals surface area contributed by atoms with Crippen LogP contribution in [0.3, 0.4) is 0 Å². The summed E-state index contributed by atoms with van der Waals surface area (Å²) in [6.45, 7) is 1.46. The third-order valence-corrected chi connectivity index (χ3v) is 3.71. The normalized spacial score (nSPS) is 16.0. The summed E-state index contributed by atoms with van der Waals surface area (Å²) in [7, 11) is 0. The van der Waals surface area contributed by atoms with Crippen molar-refractivity contribution in [1.29, 1.82) is 0 Å². The van der Waals surface area contributed by atoms with Gasteiger partial charge >= 0.3 is 5.97 Å². The van der Waals surface area contributed by atoms with Gasteiger partial charge in [-0.15, -0.1) is 0 Å². The zero-order valence-electron chi connectivity index (χ0n) is 12.3. The third-order valence-electron chi connectivity index (χ3n) is 3.71. The van der Waals surface area contributed by atoms with E-state index >= 15 is 0 Å². The minimum absolute atomic E-state index is 0.0845. The molecule has 0 radical (unpaired) electrons. The minimum atomic E-state index is -0.993. The molecule has 0 aliphatic heterocycles. The molecule has 7 heteroatoms. The number of hydrogen-bond acceptors (Lipinski definition) is 5. The number of ether oxygens (including phenoxy) is 1. The monoisotopic (exact) mass is 306 g/mol. The number of nitro groups is 1. The zero-order chi connectivity index (χ0) is 16.1. The van der Waals surface area contributed by atoms with E-state index in [1.165, 1.54) is 25.1 Å². The average molecular weight is 306 g/mol. The van der Waals surface area contributed by atoms with Gasteiger partial charge in [-0.3, -0.25) is 19.7 Å². The van der Waals surface area contributed by atoms with E-state index in [1.807, 2.05) is 0 Å². The second-order valence-corrected chi connectivity index (χ2v) is 5.32. The second-order valence-electron chi connectivity index (χ2n) is 5.32. The van der Waals surface area contributed by atoms with Gasteiger partial charge in [-0.05, 0) is 25.8 Å². The van der Waals surface area contributed by atoms with E-state index in [1.54, 1.807) is 6.07 Å². The van der Waals surface area contributed by atoms with E-state index in [4.69, 9.17) is 4.74 Å². The number of hydrogen-bond donors (Lipinski definition) is 1. The Bertz CT molecular complexity index is 581. The Morgan fingerprint density at radius 3 is 2.59 bits per heavy atom. The number of nitro benzene ring substituents is 1. The number of carbonyl (C=O) groups is 2. The molecule has 1 aliphatic rings. The largest absolute Gasteiger partial charge is 0.452 e. The molecule has 1 amide bonds. The van der Waals surface area contributed by atoms with Crippen LogP contribution in [0.15, 0.2) is 24.3 Å². The standard InChI is InChI=1S/C15H18N2O5/c1-10(22-15(19)11-6-2-3-7-11)14(18)16-12-8-4-5-9-13(12)17(20)21/h4-5,8-11H,2-3,6-7H2,1H3,(H,16,18)/t10-/m0/s1. The molecular weight excluding hydrogens is 288 g/mol. The van der Waals surface area contributed by atoms with E-state index < -0.39 is 16.9 Å². The molecule has 118 valence electrons. The molecule has 22 heavy (non-hydrogen) atoms. The van der Waals surface area contributed by atoms with Crippen molar-refractivity contribution in [2.45, 2.75) is 38.7 Å². The molecule has 1 aliphatic carbocycles. The Morgan fingerprint density at radius 2 is 1.95 bits per heavy atom. The van der Waals surface area contributed by atoms with Crippen molar-refractivity contribution in [2.75, 3.05) is 5.32 Å². The first kappa shape index (κ1) is 15.9. The number of esters is 1. The van der Waals surface area contributed by atoms with Gasteiger partial charge in [0.15, 0.2) is 6.10 Å². The van der Waals surface area contributed by atoms with Gasteiger partial charge in [0.05, 0.1) is 10.8 Å². The van der Waals surface area contributed by atoms with Crippen LogP contribution in [0.5, 0.6) is 0 Å². The number of nitrogens with one attached hydrogen (secondary N) is 1. The molecule has 0 spiro atoms. The summed E-state index contributed by atoms with van der Waals surface area (Å²) in [5.41, 5.74) is -0.119. The topological polar surface area (TPSA) is 98.5 Å². The van der Waals surface area contributed by atoms with Crippen molar-refractivity contribution < 1.29 is 19.2 Å². The van der Waals surface area contributed by atoms with E-state index in [0.29, 0.717) is 0 Å². The molecular formula is C15H18N2O5. The molecule has 1 saturated carbocycles. The Hall–Kier alpha value is -2.44. The fourth-order valence-corrected chi connectivity index (χ4v) is 2.46. The third kappa shape index (κ3) is 3.81. The Balaban J connectivity index is 1.96. The van der Waals surface area contributed by atoms with E-state index in [9.17, 15) is 19.7 Å². The smallest absolute Gasteiger partial charge is 0.309 e. The van der Waals surface area contributed by atoms with Crippen LogP contribution in [-0.4, -0.2) is 22.9 Å². The summed E-state index contributed by atoms with van der Waals surface area (Å²) in [5.74, 6) is -1.09. The maximum atomic E-state index is 12.0. The van der Waals surface area contributed by atoms with Crippen LogP contribution in [0.2, 0.25) is 0 Å². The van der Waals surface area contributed by atoms with Crippen LogP contribution in [0.4, 0.5) is 11.4 Å². The molecule has 1 aromatic carbocycles. The lowest BCUT2D eigenvalue weighted by atomic mass is 10.1. The number of benzene rings is 1. The fraction of sp³-hybridized carbons (Fsp3) is 0.467. The first-order valence-corrected chi connectivity index (χ1v) is 7.24. The molecule has 0 heterocycles. The quantitative estimate of drug-likeness (QED) is 0.512. The highest BCUT2D eigenvalue weighted by atomic mass is 16.6. The molecule has 0 aromatic heterocycles. The van der Waals surface area contributed by atoms with Crippen LogP contribution in [0, 0.1) is 16.0 Å². The van der Waals surface area contributed by atoms with Gasteiger partial charge < -0.3 is 10.1 Å². The van der Waals surface area contributed by atoms with Crippen LogP contribution in [-0.2, 0) is 14.3 Å². The summed E-state index contributed by atoms with van der Waals surface area (Å²) in [6.07, 6.45) is 2.58. The predicted octanol–water partition coefficient (Wildman–Crippen LogP) is 2.66. The van der Waals surface area contributed by atoms with Gasteiger partial charge in [0, 0.05) is 6.07 Å². The maximum absolute atomic E-state index is 12.0. The van der Waals surface area contributed by atoms with Crippen molar-refractivity contribution >= 4 is 23.3 Å². The Morgan fingerprint density at radius 1 is 1.32 bits per heavy atom. The highest BCUT2D eigenvalue weighted by Crippen LogP contribution is 2.27. The van der Waals surface area contributed by atoms with Crippen LogP contribution in [0.25, 0.3) is 0 Å². The summed E-state index contributed by atoms with van der Waals surface area (Å²) >= 11 is 0. The zero-order valence-corrected chi connectivity index (χ0v) is 12.3. The van der Waals surface area contributed by atoms with E-state index in [2.05, 4.69) is 5.32 Å². The number of anilines is 1. The van der Waals surface area contributed by atoms with Crippen molar-refractivity contribution in [3.05, 3.63) is 34.4 Å². The number of carbonyl (C=O) groups excluding carboxylic acids is 2. The maximum Gasteiger partial charge on any atom is 0.309 e. The molecule has 2 rings (SSSR count). The van der Waals surface area contributed by atoms with E-state index in [0.717, 1.165) is 25.7 Å². The molecule has 1 atom stereocenters. The molecule has 0 bridgehead atoms. The Kier molecular flexibility index (Phi) is 5.08. The van der Waals surface area contributed by atoms with Crippen molar-refractivity contribution in [2.24, 2.45) is 5.92 Å². The summed E-state index contributed by atoms with van der Waals surface area (Å²) in [6, 6.07) is 5.82. The van der Waals surface area contributed by atoms with Crippen molar-refractivity contribution in [3.8, 4) is 0 Å². The number of nitrogens with zero attached hydrogens (tertiary/aromatic N) is 1. The van der Waals surface area contributed by atoms with Crippen LogP contribution >= 0.6 is 0 Å². The molecule has 0 unspecified atom stereocenters. The second kappa shape index (κ2) is 7.02. The lowest BCUT2D eigenvalue weighted by Gasteiger charge is -2.16. The number of rotatable bonds is 5. The molecule has 1 N–H and O–H groups in total. The lowest BCUT2D eigenvalue weighted by Crippen LogP contribution is -2.32. The van der Waals surface area contributed by atoms with Gasteiger partial charge in [0.1, 0.15) is 5.69 Å². The van der Waals surface area contributed by atoms with Gasteiger partial charge in [0.25, 0.3) is 11.6 Å². The van der Waals surface area contributed by atoms with Crippen molar-refractivity contribution in [1.82, 2.24) is 0 Å². The van der Waals surface area contributed by atoms with Crippen molar-refractivity contribution in [3.63, 3.8) is 0 Å². The van der Waals surface area contributed by atoms with Gasteiger partial charge in [0.2, 0.25) is 0 Å². The lowest BCUT2D eigenvalue weighted by molar-refractivity contribution is -0.383. The van der Waals surface area contributed by atoms with Gasteiger partial charge in [-0.1, -0.05) is 25.0 Å². The summed E-state index contributed by atoms with van der Waals surface area (Å²) in [5, 5.41) is 13.3. The fourth-order valence-electron chi connectivity index (χ4n) is 2.46. The highest BCUT2D eigenvalue weighted by Gasteiger charge is 2.28. The minimum Gasteiger partial charge on any atom is -0.452 e. The average Bonchev–Trinajstić information content (AvgIpc) is 3.01. The Labute approximate surface area is 127 Å². The molecule has 0 saturated heterocycles. The van der Waals surface area contributed by atoms with Crippen LogP contribution < -0.4 is 5.32 Å². The highest BCUT2D eigenvalue weighted by molar-refractivity contribution is 5.96. The van der Waals surface area contributed by atoms with Gasteiger partial charge in [-0.2, -0.15) is 0 Å². The number of amides is 1. The molecule has 7 nitrogen and oxygen atoms in total. The molecule has 1 aromatic rings. The SMILES string of the molecule is C[C@H](OC(=O)C1CCCC1)C(=O)Nc1ccccc1[N+](=O)[O-]. The summed E-state index contributed by atoms with van der Waals surface area (Å²) < 4.78 is 5.15. The number of para-hydroxylation sites is 2. The van der Waals surface area contributed by atoms with E-state index in [-0.39, 0.29) is 23.3 Å². The van der Waals surface area contributed by atoms with Gasteiger partial charge in [-0.25, -0.2) is 0 Å². The first-order chi connectivity index (χ1) is 10.5. The predicted molar refractivity (Wildman–Crippen MR) is 79.2 cm³/mol.